The first-order valence-corrected chi connectivity index (χ1v) is 7.60. The molecule has 0 heterocycles. The molecule has 1 unspecified atom stereocenters. The number of para-hydroxylation sites is 2. The highest BCUT2D eigenvalue weighted by atomic mass is 19.3. The smallest absolute Gasteiger partial charge is 0.387 e. The number of carbonyl (C=O) groups excluding carboxylic acids is 2. The molecule has 1 atom stereocenters. The molecule has 0 saturated carbocycles. The largest absolute Gasteiger partial charge is 0.495 e. The van der Waals surface area contributed by atoms with Crippen molar-refractivity contribution < 1.29 is 32.6 Å². The van der Waals surface area contributed by atoms with Crippen LogP contribution in [0.25, 0.3) is 0 Å². The van der Waals surface area contributed by atoms with Gasteiger partial charge in [0.05, 0.1) is 18.4 Å². The topological polar surface area (TPSA) is 73.9 Å². The van der Waals surface area contributed by atoms with Crippen LogP contribution < -0.4 is 14.8 Å². The predicted molar refractivity (Wildman–Crippen MR) is 89.6 cm³/mol. The van der Waals surface area contributed by atoms with Gasteiger partial charge < -0.3 is 19.5 Å². The van der Waals surface area contributed by atoms with E-state index in [4.69, 9.17) is 9.47 Å². The highest BCUT2D eigenvalue weighted by molar-refractivity contribution is 5.98. The van der Waals surface area contributed by atoms with E-state index in [1.165, 1.54) is 32.2 Å². The quantitative estimate of drug-likeness (QED) is 0.761. The van der Waals surface area contributed by atoms with Crippen molar-refractivity contribution in [3.8, 4) is 11.5 Å². The second-order valence-corrected chi connectivity index (χ2v) is 5.14. The number of benzene rings is 2. The average Bonchev–Trinajstić information content (AvgIpc) is 2.61. The summed E-state index contributed by atoms with van der Waals surface area (Å²) in [5.74, 6) is -1.13. The lowest BCUT2D eigenvalue weighted by Crippen LogP contribution is -2.30. The summed E-state index contributed by atoms with van der Waals surface area (Å²) in [5.41, 5.74) is 0.412. The lowest BCUT2D eigenvalue weighted by molar-refractivity contribution is -0.123. The lowest BCUT2D eigenvalue weighted by Gasteiger charge is -2.15. The Labute approximate surface area is 148 Å². The molecule has 138 valence electrons. The minimum Gasteiger partial charge on any atom is -0.495 e. The van der Waals surface area contributed by atoms with Crippen LogP contribution in [0.15, 0.2) is 48.5 Å². The summed E-state index contributed by atoms with van der Waals surface area (Å²) < 4.78 is 38.9. The molecule has 2 rings (SSSR count). The Morgan fingerprint density at radius 3 is 2.50 bits per heavy atom. The molecule has 0 aliphatic heterocycles. The second-order valence-electron chi connectivity index (χ2n) is 5.14. The molecule has 2 aromatic carbocycles. The molecular formula is C18H17F2NO5. The molecule has 6 nitrogen and oxygen atoms in total. The SMILES string of the molecule is COc1ccccc1NC(=O)C(C)OC(=O)c1cccc(OC(F)F)c1. The number of amides is 1. The van der Waals surface area contributed by atoms with Crippen molar-refractivity contribution in [1.29, 1.82) is 0 Å². The molecule has 2 aromatic rings. The number of anilines is 1. The summed E-state index contributed by atoms with van der Waals surface area (Å²) in [7, 11) is 1.46. The fourth-order valence-corrected chi connectivity index (χ4v) is 2.06. The second kappa shape index (κ2) is 8.80. The third-order valence-electron chi connectivity index (χ3n) is 3.31. The van der Waals surface area contributed by atoms with Gasteiger partial charge in [0.25, 0.3) is 5.91 Å². The maximum atomic E-state index is 12.2. The monoisotopic (exact) mass is 365 g/mol. The van der Waals surface area contributed by atoms with E-state index in [9.17, 15) is 18.4 Å². The Bertz CT molecular complexity index is 782. The number of nitrogens with one attached hydrogen (secondary N) is 1. The van der Waals surface area contributed by atoms with Crippen LogP contribution in [0.1, 0.15) is 17.3 Å². The molecule has 8 heteroatoms. The van der Waals surface area contributed by atoms with Crippen LogP contribution in [0, 0.1) is 0 Å². The zero-order valence-electron chi connectivity index (χ0n) is 14.1. The first-order chi connectivity index (χ1) is 12.4. The van der Waals surface area contributed by atoms with E-state index in [0.717, 1.165) is 6.07 Å². The van der Waals surface area contributed by atoms with Crippen LogP contribution in [-0.4, -0.2) is 31.7 Å². The highest BCUT2D eigenvalue weighted by Gasteiger charge is 2.20. The number of hydrogen-bond acceptors (Lipinski definition) is 5. The molecule has 26 heavy (non-hydrogen) atoms. The number of esters is 1. The summed E-state index contributed by atoms with van der Waals surface area (Å²) in [6.07, 6.45) is -1.12. The van der Waals surface area contributed by atoms with Gasteiger partial charge in [0.1, 0.15) is 11.5 Å². The molecule has 0 aliphatic rings. The Morgan fingerprint density at radius 2 is 1.81 bits per heavy atom. The zero-order valence-corrected chi connectivity index (χ0v) is 14.1. The van der Waals surface area contributed by atoms with Crippen molar-refractivity contribution in [2.24, 2.45) is 0 Å². The summed E-state index contributed by atoms with van der Waals surface area (Å²) >= 11 is 0. The Balaban J connectivity index is 2.01. The van der Waals surface area contributed by atoms with Gasteiger partial charge in [-0.15, -0.1) is 0 Å². The molecule has 1 amide bonds. The summed E-state index contributed by atoms with van der Waals surface area (Å²) in [4.78, 5) is 24.3. The van der Waals surface area contributed by atoms with Crippen LogP contribution in [-0.2, 0) is 9.53 Å². The van der Waals surface area contributed by atoms with Gasteiger partial charge in [-0.2, -0.15) is 8.78 Å². The molecule has 1 N–H and O–H groups in total. The number of alkyl halides is 2. The van der Waals surface area contributed by atoms with Gasteiger partial charge in [0.2, 0.25) is 0 Å². The number of methoxy groups -OCH3 is 1. The van der Waals surface area contributed by atoms with Gasteiger partial charge >= 0.3 is 12.6 Å². The van der Waals surface area contributed by atoms with E-state index in [-0.39, 0.29) is 11.3 Å². The van der Waals surface area contributed by atoms with Gasteiger partial charge in [-0.1, -0.05) is 18.2 Å². The fourth-order valence-electron chi connectivity index (χ4n) is 2.06. The van der Waals surface area contributed by atoms with Crippen molar-refractivity contribution in [3.05, 3.63) is 54.1 Å². The maximum Gasteiger partial charge on any atom is 0.387 e. The van der Waals surface area contributed by atoms with Gasteiger partial charge in [0.15, 0.2) is 6.10 Å². The molecule has 0 saturated heterocycles. The van der Waals surface area contributed by atoms with Crippen LogP contribution in [0.5, 0.6) is 11.5 Å². The van der Waals surface area contributed by atoms with Gasteiger partial charge in [-0.25, -0.2) is 4.79 Å². The summed E-state index contributed by atoms with van der Waals surface area (Å²) in [5, 5.41) is 2.59. The summed E-state index contributed by atoms with van der Waals surface area (Å²) in [6, 6.07) is 11.9. The number of rotatable bonds is 7. The maximum absolute atomic E-state index is 12.2. The number of hydrogen-bond donors (Lipinski definition) is 1. The minimum absolute atomic E-state index is 0.0138. The molecule has 0 aliphatic carbocycles. The summed E-state index contributed by atoms with van der Waals surface area (Å²) in [6.45, 7) is -1.62. The predicted octanol–water partition coefficient (Wildman–Crippen LogP) is 3.48. The third kappa shape index (κ3) is 5.17. The fraction of sp³-hybridized carbons (Fsp3) is 0.222. The van der Waals surface area contributed by atoms with Gasteiger partial charge in [0, 0.05) is 0 Å². The average molecular weight is 365 g/mol. The van der Waals surface area contributed by atoms with Crippen molar-refractivity contribution in [2.75, 3.05) is 12.4 Å². The number of carbonyl (C=O) groups is 2. The number of ether oxygens (including phenoxy) is 3. The molecular weight excluding hydrogens is 348 g/mol. The standard InChI is InChI=1S/C18H17F2NO5/c1-11(16(22)21-14-8-3-4-9-15(14)24-2)25-17(23)12-6-5-7-13(10-12)26-18(19)20/h3-11,18H,1-2H3,(H,21,22). The molecule has 0 spiro atoms. The van der Waals surface area contributed by atoms with Crippen LogP contribution >= 0.6 is 0 Å². The molecule has 0 fully saturated rings. The van der Waals surface area contributed by atoms with Crippen molar-refractivity contribution >= 4 is 17.6 Å². The minimum atomic E-state index is -3.01. The molecule has 0 aromatic heterocycles. The van der Waals surface area contributed by atoms with E-state index in [0.29, 0.717) is 11.4 Å². The normalized spacial score (nSPS) is 11.6. The van der Waals surface area contributed by atoms with E-state index in [1.807, 2.05) is 0 Å². The first-order valence-electron chi connectivity index (χ1n) is 7.60. The van der Waals surface area contributed by atoms with E-state index < -0.39 is 24.6 Å². The number of halogens is 2. The van der Waals surface area contributed by atoms with E-state index in [1.54, 1.807) is 24.3 Å². The van der Waals surface area contributed by atoms with Crippen molar-refractivity contribution in [3.63, 3.8) is 0 Å². The molecule has 0 bridgehead atoms. The van der Waals surface area contributed by atoms with Crippen molar-refractivity contribution in [1.82, 2.24) is 0 Å². The van der Waals surface area contributed by atoms with Crippen LogP contribution in [0.4, 0.5) is 14.5 Å². The van der Waals surface area contributed by atoms with E-state index in [2.05, 4.69) is 10.1 Å². The van der Waals surface area contributed by atoms with Crippen LogP contribution in [0.3, 0.4) is 0 Å². The Morgan fingerprint density at radius 1 is 1.08 bits per heavy atom. The Hall–Kier alpha value is -3.16. The Kier molecular flexibility index (Phi) is 6.48. The zero-order chi connectivity index (χ0) is 19.1. The van der Waals surface area contributed by atoms with Gasteiger partial charge in [-0.05, 0) is 37.3 Å². The highest BCUT2D eigenvalue weighted by Crippen LogP contribution is 2.23. The first kappa shape index (κ1) is 19.2. The third-order valence-corrected chi connectivity index (χ3v) is 3.31. The van der Waals surface area contributed by atoms with Gasteiger partial charge in [-0.3, -0.25) is 4.79 Å². The van der Waals surface area contributed by atoms with E-state index >= 15 is 0 Å². The molecule has 0 radical (unpaired) electrons. The van der Waals surface area contributed by atoms with Crippen LogP contribution in [0.2, 0.25) is 0 Å². The van der Waals surface area contributed by atoms with Crippen molar-refractivity contribution in [2.45, 2.75) is 19.6 Å². The lowest BCUT2D eigenvalue weighted by atomic mass is 10.2.